The third-order valence-corrected chi connectivity index (χ3v) is 4.41. The van der Waals surface area contributed by atoms with Gasteiger partial charge in [-0.15, -0.1) is 0 Å². The highest BCUT2D eigenvalue weighted by Crippen LogP contribution is 2.29. The highest BCUT2D eigenvalue weighted by atomic mass is 16.5. The van der Waals surface area contributed by atoms with Gasteiger partial charge in [-0.2, -0.15) is 0 Å². The maximum Gasteiger partial charge on any atom is 0.329 e. The first kappa shape index (κ1) is 15.1. The molecule has 2 rings (SSSR count). The number of likely N-dealkylation sites (tertiary alicyclic amines) is 1. The van der Waals surface area contributed by atoms with Gasteiger partial charge >= 0.3 is 12.0 Å². The Labute approximate surface area is 118 Å². The predicted molar refractivity (Wildman–Crippen MR) is 70.6 cm³/mol. The highest BCUT2D eigenvalue weighted by molar-refractivity contribution is 5.86. The summed E-state index contributed by atoms with van der Waals surface area (Å²) >= 11 is 0. The van der Waals surface area contributed by atoms with E-state index in [9.17, 15) is 14.7 Å². The van der Waals surface area contributed by atoms with Crippen LogP contribution in [-0.2, 0) is 14.3 Å². The fraction of sp³-hybridized carbons (Fsp3) is 0.846. The van der Waals surface area contributed by atoms with Crippen molar-refractivity contribution in [3.8, 4) is 0 Å². The van der Waals surface area contributed by atoms with Gasteiger partial charge in [-0.05, 0) is 19.8 Å². The van der Waals surface area contributed by atoms with Crippen molar-refractivity contribution < 1.29 is 24.2 Å². The van der Waals surface area contributed by atoms with Gasteiger partial charge in [0.05, 0.1) is 13.2 Å². The van der Waals surface area contributed by atoms with E-state index in [-0.39, 0.29) is 6.03 Å². The molecule has 2 aliphatic heterocycles. The molecule has 114 valence electrons. The molecular formula is C13H22N2O5. The van der Waals surface area contributed by atoms with Crippen molar-refractivity contribution >= 4 is 12.0 Å². The first-order valence-electron chi connectivity index (χ1n) is 6.85. The molecule has 7 nitrogen and oxygen atoms in total. The van der Waals surface area contributed by atoms with Crippen molar-refractivity contribution in [1.29, 1.82) is 0 Å². The zero-order chi connectivity index (χ0) is 14.8. The normalized spacial score (nSPS) is 33.4. The Balaban J connectivity index is 1.96. The molecule has 0 aromatic heterocycles. The number of amides is 2. The number of carboxylic acid groups (broad SMARTS) is 1. The van der Waals surface area contributed by atoms with Crippen LogP contribution in [0, 0.1) is 0 Å². The van der Waals surface area contributed by atoms with E-state index in [0.717, 1.165) is 6.42 Å². The largest absolute Gasteiger partial charge is 0.480 e. The molecule has 2 N–H and O–H groups in total. The van der Waals surface area contributed by atoms with Gasteiger partial charge in [0.2, 0.25) is 0 Å². The summed E-state index contributed by atoms with van der Waals surface area (Å²) in [7, 11) is 1.60. The molecule has 0 aliphatic carbocycles. The van der Waals surface area contributed by atoms with Crippen LogP contribution in [0.25, 0.3) is 0 Å². The van der Waals surface area contributed by atoms with Crippen LogP contribution >= 0.6 is 0 Å². The molecule has 2 saturated heterocycles. The molecule has 0 aromatic carbocycles. The number of hydrogen-bond acceptors (Lipinski definition) is 4. The second-order valence-corrected chi connectivity index (χ2v) is 5.68. The number of carbonyl (C=O) groups excluding carboxylic acids is 1. The van der Waals surface area contributed by atoms with Gasteiger partial charge < -0.3 is 24.8 Å². The van der Waals surface area contributed by atoms with Crippen molar-refractivity contribution in [2.75, 3.05) is 33.4 Å². The van der Waals surface area contributed by atoms with Crippen LogP contribution in [0.1, 0.15) is 26.2 Å². The van der Waals surface area contributed by atoms with E-state index in [2.05, 4.69) is 5.32 Å². The first-order chi connectivity index (χ1) is 9.43. The fourth-order valence-electron chi connectivity index (χ4n) is 2.80. The zero-order valence-corrected chi connectivity index (χ0v) is 12.0. The Bertz CT molecular complexity index is 394. The molecule has 0 aromatic rings. The van der Waals surface area contributed by atoms with Gasteiger partial charge in [0.15, 0.2) is 0 Å². The summed E-state index contributed by atoms with van der Waals surface area (Å²) in [6.45, 7) is 3.44. The highest BCUT2D eigenvalue weighted by Gasteiger charge is 2.46. The Morgan fingerprint density at radius 3 is 2.75 bits per heavy atom. The molecule has 0 radical (unpaired) electrons. The van der Waals surface area contributed by atoms with Crippen molar-refractivity contribution in [3.63, 3.8) is 0 Å². The number of rotatable bonds is 4. The van der Waals surface area contributed by atoms with E-state index in [1.807, 2.05) is 0 Å². The van der Waals surface area contributed by atoms with Crippen LogP contribution in [0.3, 0.4) is 0 Å². The Kier molecular flexibility index (Phi) is 4.19. The number of aliphatic carboxylic acids is 1. The Morgan fingerprint density at radius 1 is 1.45 bits per heavy atom. The van der Waals surface area contributed by atoms with Gasteiger partial charge in [0.1, 0.15) is 11.1 Å². The standard InChI is InChI=1S/C13H22N2O5/c1-12(10(16)17)4-3-6-15(12)11(18)14-8-13(19-2)5-7-20-9-13/h3-9H2,1-2H3,(H,14,18)(H,16,17). The van der Waals surface area contributed by atoms with Crippen molar-refractivity contribution in [3.05, 3.63) is 0 Å². The van der Waals surface area contributed by atoms with E-state index < -0.39 is 17.1 Å². The Morgan fingerprint density at radius 2 is 2.20 bits per heavy atom. The number of urea groups is 1. The smallest absolute Gasteiger partial charge is 0.329 e. The van der Waals surface area contributed by atoms with Crippen LogP contribution in [0.15, 0.2) is 0 Å². The van der Waals surface area contributed by atoms with Crippen molar-refractivity contribution in [2.24, 2.45) is 0 Å². The van der Waals surface area contributed by atoms with Crippen molar-refractivity contribution in [1.82, 2.24) is 10.2 Å². The summed E-state index contributed by atoms with van der Waals surface area (Å²) in [6, 6.07) is -0.351. The maximum atomic E-state index is 12.2. The van der Waals surface area contributed by atoms with E-state index in [1.165, 1.54) is 4.90 Å². The number of nitrogens with one attached hydrogen (secondary N) is 1. The second-order valence-electron chi connectivity index (χ2n) is 5.68. The van der Waals surface area contributed by atoms with E-state index >= 15 is 0 Å². The molecule has 0 saturated carbocycles. The molecule has 2 heterocycles. The number of nitrogens with zero attached hydrogens (tertiary/aromatic N) is 1. The number of ether oxygens (including phenoxy) is 2. The minimum absolute atomic E-state index is 0.328. The summed E-state index contributed by atoms with van der Waals surface area (Å²) in [5.74, 6) is -0.962. The molecule has 2 unspecified atom stereocenters. The number of carbonyl (C=O) groups is 2. The van der Waals surface area contributed by atoms with Crippen LogP contribution in [-0.4, -0.2) is 66.6 Å². The van der Waals surface area contributed by atoms with Crippen LogP contribution in [0.4, 0.5) is 4.79 Å². The van der Waals surface area contributed by atoms with Crippen LogP contribution in [0.2, 0.25) is 0 Å². The van der Waals surface area contributed by atoms with Gasteiger partial charge in [0, 0.05) is 26.7 Å². The molecule has 2 aliphatic rings. The predicted octanol–water partition coefficient (Wildman–Crippen LogP) is 0.441. The number of carboxylic acids is 1. The van der Waals surface area contributed by atoms with E-state index in [1.54, 1.807) is 14.0 Å². The number of hydrogen-bond donors (Lipinski definition) is 2. The summed E-state index contributed by atoms with van der Waals surface area (Å²) in [6.07, 6.45) is 1.91. The SMILES string of the molecule is COC1(CNC(=O)N2CCCC2(C)C(=O)O)CCOC1. The lowest BCUT2D eigenvalue weighted by Gasteiger charge is -2.33. The minimum Gasteiger partial charge on any atom is -0.480 e. The van der Waals surface area contributed by atoms with Crippen LogP contribution < -0.4 is 5.32 Å². The van der Waals surface area contributed by atoms with Crippen LogP contribution in [0.5, 0.6) is 0 Å². The molecule has 2 amide bonds. The average molecular weight is 286 g/mol. The summed E-state index contributed by atoms with van der Waals surface area (Å²) in [5.41, 5.74) is -1.61. The van der Waals surface area contributed by atoms with Crippen molar-refractivity contribution in [2.45, 2.75) is 37.3 Å². The lowest BCUT2D eigenvalue weighted by Crippen LogP contribution is -2.56. The monoisotopic (exact) mass is 286 g/mol. The summed E-state index contributed by atoms with van der Waals surface area (Å²) in [5, 5.41) is 12.1. The molecule has 7 heteroatoms. The molecule has 20 heavy (non-hydrogen) atoms. The third-order valence-electron chi connectivity index (χ3n) is 4.41. The average Bonchev–Trinajstić information content (AvgIpc) is 3.04. The zero-order valence-electron chi connectivity index (χ0n) is 12.0. The van der Waals surface area contributed by atoms with Gasteiger partial charge in [-0.1, -0.05) is 0 Å². The van der Waals surface area contributed by atoms with Gasteiger partial charge in [-0.25, -0.2) is 9.59 Å². The lowest BCUT2D eigenvalue weighted by atomic mass is 9.99. The molecule has 0 bridgehead atoms. The minimum atomic E-state index is -1.11. The summed E-state index contributed by atoms with van der Waals surface area (Å²) < 4.78 is 10.7. The third kappa shape index (κ3) is 2.60. The number of methoxy groups -OCH3 is 1. The molecular weight excluding hydrogens is 264 g/mol. The maximum absolute atomic E-state index is 12.2. The van der Waals surface area contributed by atoms with E-state index in [4.69, 9.17) is 9.47 Å². The summed E-state index contributed by atoms with van der Waals surface area (Å²) in [4.78, 5) is 25.0. The van der Waals surface area contributed by atoms with Gasteiger partial charge in [-0.3, -0.25) is 0 Å². The first-order valence-corrected chi connectivity index (χ1v) is 6.85. The Hall–Kier alpha value is -1.34. The second kappa shape index (κ2) is 5.57. The molecule has 2 atom stereocenters. The lowest BCUT2D eigenvalue weighted by molar-refractivity contribution is -0.147. The quantitative estimate of drug-likeness (QED) is 0.783. The van der Waals surface area contributed by atoms with E-state index in [0.29, 0.717) is 39.1 Å². The van der Waals surface area contributed by atoms with Gasteiger partial charge in [0.25, 0.3) is 0 Å². The topological polar surface area (TPSA) is 88.1 Å². The fourth-order valence-corrected chi connectivity index (χ4v) is 2.80. The molecule has 2 fully saturated rings. The molecule has 0 spiro atoms.